The molecule has 1 saturated heterocycles. The second kappa shape index (κ2) is 10.7. The van der Waals surface area contributed by atoms with E-state index < -0.39 is 11.7 Å². The molecule has 10 heteroatoms. The van der Waals surface area contributed by atoms with Crippen LogP contribution in [0.3, 0.4) is 0 Å². The lowest BCUT2D eigenvalue weighted by atomic mass is 10.0. The molecule has 0 N–H and O–H groups in total. The molecule has 0 saturated carbocycles. The van der Waals surface area contributed by atoms with Crippen molar-refractivity contribution in [3.63, 3.8) is 0 Å². The summed E-state index contributed by atoms with van der Waals surface area (Å²) in [6.45, 7) is 3.17. The summed E-state index contributed by atoms with van der Waals surface area (Å²) in [5, 5.41) is 2.52. The number of nitrogens with zero attached hydrogens (tertiary/aromatic N) is 4. The Morgan fingerprint density at radius 3 is 2.35 bits per heavy atom. The average Bonchev–Trinajstić information content (AvgIpc) is 3.62. The fourth-order valence-corrected chi connectivity index (χ4v) is 5.82. The van der Waals surface area contributed by atoms with Crippen LogP contribution in [0.4, 0.5) is 13.2 Å². The molecule has 5 nitrogen and oxygen atoms in total. The van der Waals surface area contributed by atoms with Crippen LogP contribution in [-0.4, -0.2) is 51.3 Å². The van der Waals surface area contributed by atoms with Crippen molar-refractivity contribution in [1.29, 1.82) is 0 Å². The van der Waals surface area contributed by atoms with E-state index in [4.69, 9.17) is 16.6 Å². The van der Waals surface area contributed by atoms with Crippen molar-refractivity contribution in [2.75, 3.05) is 26.2 Å². The van der Waals surface area contributed by atoms with Crippen molar-refractivity contribution in [3.8, 4) is 22.4 Å². The van der Waals surface area contributed by atoms with Crippen molar-refractivity contribution in [2.45, 2.75) is 12.7 Å². The predicted molar refractivity (Wildman–Crippen MR) is 152 cm³/mol. The lowest BCUT2D eigenvalue weighted by molar-refractivity contribution is -0.137. The third-order valence-electron chi connectivity index (χ3n) is 7.12. The number of carbonyl (C=O) groups is 1. The molecule has 1 fully saturated rings. The van der Waals surface area contributed by atoms with Gasteiger partial charge < -0.3 is 9.30 Å². The van der Waals surface area contributed by atoms with Gasteiger partial charge >= 0.3 is 6.18 Å². The average molecular weight is 581 g/mol. The third-order valence-corrected chi connectivity index (χ3v) is 8.23. The van der Waals surface area contributed by atoms with E-state index in [1.807, 2.05) is 63.3 Å². The van der Waals surface area contributed by atoms with E-state index in [2.05, 4.69) is 4.90 Å². The first-order valence-electron chi connectivity index (χ1n) is 12.8. The first-order chi connectivity index (χ1) is 19.3. The highest BCUT2D eigenvalue weighted by molar-refractivity contribution is 7.12. The molecular weight excluding hydrogens is 557 g/mol. The minimum Gasteiger partial charge on any atom is -0.335 e. The molecule has 0 bridgehead atoms. The van der Waals surface area contributed by atoms with Crippen LogP contribution in [-0.2, 0) is 12.7 Å². The molecule has 3 aromatic heterocycles. The highest BCUT2D eigenvalue weighted by Crippen LogP contribution is 2.33. The summed E-state index contributed by atoms with van der Waals surface area (Å²) < 4.78 is 42.1. The summed E-state index contributed by atoms with van der Waals surface area (Å²) >= 11 is 7.58. The van der Waals surface area contributed by atoms with E-state index in [-0.39, 0.29) is 5.91 Å². The smallest absolute Gasteiger partial charge is 0.335 e. The van der Waals surface area contributed by atoms with Gasteiger partial charge in [0.25, 0.3) is 5.91 Å². The Kier molecular flexibility index (Phi) is 7.12. The van der Waals surface area contributed by atoms with Crippen LogP contribution in [0.25, 0.3) is 28.0 Å². The number of thiophene rings is 1. The van der Waals surface area contributed by atoms with Gasteiger partial charge in [-0.1, -0.05) is 41.9 Å². The van der Waals surface area contributed by atoms with Crippen LogP contribution in [0.1, 0.15) is 20.9 Å². The Labute approximate surface area is 238 Å². The number of carbonyl (C=O) groups excluding carboxylic acids is 1. The maximum Gasteiger partial charge on any atom is 0.416 e. The van der Waals surface area contributed by atoms with Crippen LogP contribution in [0.2, 0.25) is 5.02 Å². The summed E-state index contributed by atoms with van der Waals surface area (Å²) in [6.07, 6.45) is -2.57. The number of halogens is 4. The topological polar surface area (TPSA) is 40.9 Å². The number of piperazine rings is 1. The standard InChI is InChI=1S/C30H24ClF3N4OS/c31-24-9-6-20(7-10-24)28-25(19-36-12-14-37(15-13-36)29(39)26-5-2-16-40-26)38-18-22(8-11-27(38)35-28)21-3-1-4-23(17-21)30(32,33)34/h1-11,16-18H,12-15,19H2. The molecular formula is C30H24ClF3N4OS. The van der Waals surface area contributed by atoms with Crippen LogP contribution in [0, 0.1) is 0 Å². The van der Waals surface area contributed by atoms with Gasteiger partial charge in [-0.25, -0.2) is 4.98 Å². The number of aromatic nitrogens is 2. The molecule has 0 spiro atoms. The van der Waals surface area contributed by atoms with E-state index >= 15 is 0 Å². The van der Waals surface area contributed by atoms with Crippen molar-refractivity contribution in [2.24, 2.45) is 0 Å². The SMILES string of the molecule is O=C(c1cccs1)N1CCN(Cc2c(-c3ccc(Cl)cc3)nc3ccc(-c4cccc(C(F)(F)F)c4)cn23)CC1. The molecule has 2 aromatic carbocycles. The normalized spacial score (nSPS) is 14.7. The van der Waals surface area contributed by atoms with Crippen LogP contribution in [0.5, 0.6) is 0 Å². The summed E-state index contributed by atoms with van der Waals surface area (Å²) in [6, 6.07) is 20.2. The van der Waals surface area contributed by atoms with Crippen molar-refractivity contribution >= 4 is 34.5 Å². The molecule has 204 valence electrons. The summed E-state index contributed by atoms with van der Waals surface area (Å²) in [5.41, 5.74) is 3.75. The maximum absolute atomic E-state index is 13.4. The second-order valence-electron chi connectivity index (χ2n) is 9.68. The highest BCUT2D eigenvalue weighted by atomic mass is 35.5. The van der Waals surface area contributed by atoms with E-state index in [9.17, 15) is 18.0 Å². The van der Waals surface area contributed by atoms with Crippen molar-refractivity contribution in [3.05, 3.63) is 106 Å². The molecule has 5 aromatic rings. The van der Waals surface area contributed by atoms with Gasteiger partial charge in [-0.05, 0) is 59.0 Å². The minimum absolute atomic E-state index is 0.0528. The Balaban J connectivity index is 1.34. The number of hydrogen-bond donors (Lipinski definition) is 0. The molecule has 40 heavy (non-hydrogen) atoms. The highest BCUT2D eigenvalue weighted by Gasteiger charge is 2.30. The summed E-state index contributed by atoms with van der Waals surface area (Å²) in [7, 11) is 0. The van der Waals surface area contributed by atoms with Gasteiger partial charge in [0.15, 0.2) is 0 Å². The number of pyridine rings is 1. The number of amides is 1. The van der Waals surface area contributed by atoms with Gasteiger partial charge in [-0.2, -0.15) is 13.2 Å². The van der Waals surface area contributed by atoms with Gasteiger partial charge in [-0.15, -0.1) is 11.3 Å². The van der Waals surface area contributed by atoms with E-state index in [0.717, 1.165) is 27.9 Å². The van der Waals surface area contributed by atoms with Crippen LogP contribution >= 0.6 is 22.9 Å². The monoisotopic (exact) mass is 580 g/mol. The predicted octanol–water partition coefficient (Wildman–Crippen LogP) is 7.36. The number of rotatable bonds is 5. The van der Waals surface area contributed by atoms with E-state index in [1.165, 1.54) is 23.5 Å². The first-order valence-corrected chi connectivity index (χ1v) is 14.0. The van der Waals surface area contributed by atoms with Crippen molar-refractivity contribution in [1.82, 2.24) is 19.2 Å². The van der Waals surface area contributed by atoms with Gasteiger partial charge in [0, 0.05) is 49.5 Å². The fourth-order valence-electron chi connectivity index (χ4n) is 5.01. The summed E-state index contributed by atoms with van der Waals surface area (Å²) in [5.74, 6) is 0.0528. The number of hydrogen-bond acceptors (Lipinski definition) is 4. The Bertz CT molecular complexity index is 1660. The number of fused-ring (bicyclic) bond motifs is 1. The van der Waals surface area contributed by atoms with Crippen molar-refractivity contribution < 1.29 is 18.0 Å². The minimum atomic E-state index is -4.42. The van der Waals surface area contributed by atoms with Gasteiger partial charge in [0.1, 0.15) is 5.65 Å². The van der Waals surface area contributed by atoms with Crippen LogP contribution in [0.15, 0.2) is 84.4 Å². The molecule has 6 rings (SSSR count). The second-order valence-corrected chi connectivity index (χ2v) is 11.1. The van der Waals surface area contributed by atoms with E-state index in [0.29, 0.717) is 54.5 Å². The molecule has 0 atom stereocenters. The molecule has 1 aliphatic heterocycles. The molecule has 4 heterocycles. The van der Waals surface area contributed by atoms with E-state index in [1.54, 1.807) is 12.1 Å². The number of alkyl halides is 3. The Morgan fingerprint density at radius 2 is 1.65 bits per heavy atom. The molecule has 0 unspecified atom stereocenters. The zero-order valence-electron chi connectivity index (χ0n) is 21.2. The molecule has 0 radical (unpaired) electrons. The quantitative estimate of drug-likeness (QED) is 0.218. The fraction of sp³-hybridized carbons (Fsp3) is 0.200. The number of benzene rings is 2. The third kappa shape index (κ3) is 5.37. The summed E-state index contributed by atoms with van der Waals surface area (Å²) in [4.78, 5) is 22.6. The zero-order valence-corrected chi connectivity index (χ0v) is 22.8. The Morgan fingerprint density at radius 1 is 0.900 bits per heavy atom. The van der Waals surface area contributed by atoms with Gasteiger partial charge in [0.05, 0.1) is 21.8 Å². The maximum atomic E-state index is 13.4. The Hall–Kier alpha value is -3.66. The number of imidazole rings is 1. The molecule has 1 amide bonds. The first kappa shape index (κ1) is 26.6. The lowest BCUT2D eigenvalue weighted by Crippen LogP contribution is -2.48. The van der Waals surface area contributed by atoms with Gasteiger partial charge in [-0.3, -0.25) is 9.69 Å². The molecule has 1 aliphatic rings. The zero-order chi connectivity index (χ0) is 27.9. The van der Waals surface area contributed by atoms with Crippen LogP contribution < -0.4 is 0 Å². The largest absolute Gasteiger partial charge is 0.416 e. The lowest BCUT2D eigenvalue weighted by Gasteiger charge is -2.34. The molecule has 0 aliphatic carbocycles. The van der Waals surface area contributed by atoms with Gasteiger partial charge in [0.2, 0.25) is 0 Å².